The number of halogens is 1. The highest BCUT2D eigenvalue weighted by Gasteiger charge is 2.36. The number of amides is 3. The average Bonchev–Trinajstić information content (AvgIpc) is 3.70. The summed E-state index contributed by atoms with van der Waals surface area (Å²) in [4.78, 5) is 56.9. The molecule has 14 heteroatoms. The van der Waals surface area contributed by atoms with Crippen LogP contribution in [0.2, 0.25) is 0 Å². The molecule has 2 saturated heterocycles. The van der Waals surface area contributed by atoms with Gasteiger partial charge in [-0.15, -0.1) is 0 Å². The lowest BCUT2D eigenvalue weighted by Gasteiger charge is -2.38. The molecule has 1 saturated carbocycles. The number of carbonyl (C=O) groups is 3. The normalized spacial score (nSPS) is 23.9. The van der Waals surface area contributed by atoms with E-state index in [9.17, 15) is 19.2 Å². The minimum absolute atomic E-state index is 0.163. The van der Waals surface area contributed by atoms with Crippen LogP contribution in [0.15, 0.2) is 65.6 Å². The predicted molar refractivity (Wildman–Crippen MR) is 195 cm³/mol. The number of nitriles is 1. The first-order chi connectivity index (χ1) is 25.7. The lowest BCUT2D eigenvalue weighted by molar-refractivity contribution is -0.135. The molecule has 0 radical (unpaired) electrons. The number of carbonyl (C=O) groups excluding carboxylic acids is 3. The Labute approximate surface area is 304 Å². The molecule has 13 nitrogen and oxygen atoms in total. The number of imide groups is 1. The fourth-order valence-corrected chi connectivity index (χ4v) is 8.57. The highest BCUT2D eigenvalue weighted by atomic mass is 19.1. The Morgan fingerprint density at radius 3 is 2.62 bits per heavy atom. The first-order valence-corrected chi connectivity index (χ1v) is 18.2. The van der Waals surface area contributed by atoms with Crippen LogP contribution in [0.4, 0.5) is 10.1 Å². The molecule has 0 bridgehead atoms. The second-order valence-corrected chi connectivity index (χ2v) is 14.6. The Morgan fingerprint density at radius 1 is 1.04 bits per heavy atom. The van der Waals surface area contributed by atoms with Crippen LogP contribution >= 0.6 is 0 Å². The Kier molecular flexibility index (Phi) is 9.11. The molecule has 0 spiro atoms. The number of rotatable bonds is 7. The van der Waals surface area contributed by atoms with Crippen molar-refractivity contribution in [3.63, 3.8) is 0 Å². The van der Waals surface area contributed by atoms with E-state index in [1.54, 1.807) is 31.3 Å². The Morgan fingerprint density at radius 2 is 1.85 bits per heavy atom. The summed E-state index contributed by atoms with van der Waals surface area (Å²) in [7, 11) is 1.66. The summed E-state index contributed by atoms with van der Waals surface area (Å²) < 4.78 is 21.1. The minimum Gasteiger partial charge on any atom is -0.321 e. The maximum atomic E-state index is 16.1. The largest absolute Gasteiger partial charge is 0.329 e. The fourth-order valence-electron chi connectivity index (χ4n) is 8.57. The lowest BCUT2D eigenvalue weighted by atomic mass is 9.83. The van der Waals surface area contributed by atoms with Gasteiger partial charge in [0.15, 0.2) is 0 Å². The molecule has 8 rings (SSSR count). The van der Waals surface area contributed by atoms with E-state index in [1.165, 1.54) is 9.13 Å². The highest BCUT2D eigenvalue weighted by molar-refractivity contribution is 6.04. The van der Waals surface area contributed by atoms with Gasteiger partial charge >= 0.3 is 5.69 Å². The number of piperidine rings is 2. The van der Waals surface area contributed by atoms with Crippen LogP contribution in [0.25, 0.3) is 21.9 Å². The van der Waals surface area contributed by atoms with Gasteiger partial charge in [-0.2, -0.15) is 10.4 Å². The van der Waals surface area contributed by atoms with E-state index in [0.29, 0.717) is 35.6 Å². The van der Waals surface area contributed by atoms with Gasteiger partial charge in [-0.3, -0.25) is 33.5 Å². The van der Waals surface area contributed by atoms with Gasteiger partial charge in [0.25, 0.3) is 5.91 Å². The van der Waals surface area contributed by atoms with E-state index < -0.39 is 18.1 Å². The number of aromatic nitrogens is 5. The predicted octanol–water partition coefficient (Wildman–Crippen LogP) is 4.75. The molecule has 3 amide bonds. The third-order valence-corrected chi connectivity index (χ3v) is 11.3. The maximum Gasteiger partial charge on any atom is 0.329 e. The number of hydrogen-bond acceptors (Lipinski definition) is 8. The molecule has 3 aromatic heterocycles. The van der Waals surface area contributed by atoms with E-state index in [2.05, 4.69) is 20.5 Å². The number of nitrogens with zero attached hydrogens (tertiary/aromatic N) is 7. The molecule has 2 aromatic carbocycles. The number of benzene rings is 2. The van der Waals surface area contributed by atoms with Crippen LogP contribution in [-0.4, -0.2) is 72.3 Å². The van der Waals surface area contributed by atoms with Crippen LogP contribution in [0.1, 0.15) is 84.7 Å². The summed E-state index contributed by atoms with van der Waals surface area (Å²) >= 11 is 0. The number of alkyl halides is 1. The molecular weight excluding hydrogens is 677 g/mol. The Bertz CT molecular complexity index is 2350. The monoisotopic (exact) mass is 717 g/mol. The van der Waals surface area contributed by atoms with Crippen molar-refractivity contribution in [1.82, 2.24) is 34.1 Å². The molecule has 3 aliphatic rings. The number of fused-ring (bicyclic) bond motifs is 2. The van der Waals surface area contributed by atoms with Gasteiger partial charge in [-0.25, -0.2) is 14.2 Å². The molecule has 53 heavy (non-hydrogen) atoms. The third-order valence-electron chi connectivity index (χ3n) is 11.3. The molecule has 3 fully saturated rings. The molecule has 272 valence electrons. The van der Waals surface area contributed by atoms with Crippen LogP contribution in [0, 0.1) is 17.2 Å². The van der Waals surface area contributed by atoms with Crippen LogP contribution in [0.5, 0.6) is 0 Å². The zero-order valence-electron chi connectivity index (χ0n) is 29.4. The second kappa shape index (κ2) is 14.0. The smallest absolute Gasteiger partial charge is 0.321 e. The van der Waals surface area contributed by atoms with Gasteiger partial charge in [0.2, 0.25) is 11.8 Å². The van der Waals surface area contributed by atoms with Gasteiger partial charge in [0.05, 0.1) is 22.6 Å². The van der Waals surface area contributed by atoms with E-state index in [1.807, 2.05) is 47.3 Å². The Hall–Kier alpha value is -5.68. The Balaban J connectivity index is 0.878. The molecule has 5 aromatic rings. The van der Waals surface area contributed by atoms with Crippen molar-refractivity contribution >= 4 is 45.3 Å². The van der Waals surface area contributed by atoms with E-state index >= 15 is 4.39 Å². The number of likely N-dealkylation sites (tertiary alicyclic amines) is 1. The van der Waals surface area contributed by atoms with Crippen molar-refractivity contribution in [2.45, 2.75) is 69.1 Å². The molecular formula is C39H40FN9O4. The quantitative estimate of drug-likeness (QED) is 0.228. The van der Waals surface area contributed by atoms with E-state index in [0.717, 1.165) is 55.2 Å². The van der Waals surface area contributed by atoms with Gasteiger partial charge in [0.1, 0.15) is 29.7 Å². The lowest BCUT2D eigenvalue weighted by Crippen LogP contribution is -2.44. The first kappa shape index (κ1) is 34.4. The summed E-state index contributed by atoms with van der Waals surface area (Å²) in [6.45, 7) is 1.92. The summed E-state index contributed by atoms with van der Waals surface area (Å²) in [5.74, 6) is -1.13. The van der Waals surface area contributed by atoms with Gasteiger partial charge in [-0.1, -0.05) is 18.2 Å². The standard InChI is InChI=1S/C39H40FN9O4/c1-46-36-29(5-3-7-33(36)49(39(46)53)34-14-15-35(50)44-38(34)52)28-16-17-47(22-30(28)40)20-23-8-11-27(12-9-23)48-21-24-18-25(10-13-31(24)45-48)43-37(51)32-6-2-4-26(19-41)42-32/h2-7,10,13,18,21,23,27-28,30,34H,8-9,11-12,14-17,20,22H2,1H3,(H,43,51)(H,44,50,52)/t23?,27?,28-,30-,34?/m1/s1. The van der Waals surface area contributed by atoms with Crippen molar-refractivity contribution in [1.29, 1.82) is 5.26 Å². The van der Waals surface area contributed by atoms with Crippen molar-refractivity contribution in [2.75, 3.05) is 25.0 Å². The zero-order valence-corrected chi connectivity index (χ0v) is 29.4. The van der Waals surface area contributed by atoms with Crippen molar-refractivity contribution in [3.8, 4) is 6.07 Å². The number of anilines is 1. The molecule has 2 aliphatic heterocycles. The van der Waals surface area contributed by atoms with Gasteiger partial charge in [-0.05, 0) is 92.9 Å². The van der Waals surface area contributed by atoms with Crippen LogP contribution < -0.4 is 16.3 Å². The highest BCUT2D eigenvalue weighted by Crippen LogP contribution is 2.38. The summed E-state index contributed by atoms with van der Waals surface area (Å²) in [6, 6.07) is 17.3. The molecule has 1 unspecified atom stereocenters. The summed E-state index contributed by atoms with van der Waals surface area (Å²) in [5, 5.41) is 20.1. The second-order valence-electron chi connectivity index (χ2n) is 14.6. The summed E-state index contributed by atoms with van der Waals surface area (Å²) in [5.41, 5.74) is 3.49. The maximum absolute atomic E-state index is 16.1. The SMILES string of the molecule is Cn1c(=O)n(C2CCC(=O)NC2=O)c2cccc([C@H]3CCN(CC4CCC(n5cc6cc(NC(=O)c7cccc(C#N)n7)ccc6n5)CC4)C[C@H]3F)c21. The number of aryl methyl sites for hydroxylation is 1. The topological polar surface area (TPSA) is 160 Å². The molecule has 1 aliphatic carbocycles. The van der Waals surface area contributed by atoms with Crippen molar-refractivity contribution in [2.24, 2.45) is 13.0 Å². The minimum atomic E-state index is -1.11. The number of para-hydroxylation sites is 1. The van der Waals surface area contributed by atoms with E-state index in [-0.39, 0.29) is 53.7 Å². The number of nitrogens with one attached hydrogen (secondary N) is 2. The van der Waals surface area contributed by atoms with Gasteiger partial charge < -0.3 is 10.2 Å². The van der Waals surface area contributed by atoms with Crippen LogP contribution in [0.3, 0.4) is 0 Å². The third kappa shape index (κ3) is 6.61. The first-order valence-electron chi connectivity index (χ1n) is 18.2. The van der Waals surface area contributed by atoms with Crippen molar-refractivity contribution < 1.29 is 18.8 Å². The zero-order chi connectivity index (χ0) is 36.8. The molecule has 2 N–H and O–H groups in total. The van der Waals surface area contributed by atoms with Gasteiger partial charge in [0, 0.05) is 49.7 Å². The fraction of sp³-hybridized carbons (Fsp3) is 0.410. The molecule has 5 heterocycles. The average molecular weight is 718 g/mol. The number of pyridine rings is 1. The number of imidazole rings is 1. The number of hydrogen-bond donors (Lipinski definition) is 2. The summed E-state index contributed by atoms with van der Waals surface area (Å²) in [6.07, 6.45) is 5.93. The van der Waals surface area contributed by atoms with E-state index in [4.69, 9.17) is 10.4 Å². The molecule has 3 atom stereocenters. The van der Waals surface area contributed by atoms with Crippen molar-refractivity contribution in [3.05, 3.63) is 88.2 Å². The van der Waals surface area contributed by atoms with Crippen LogP contribution in [-0.2, 0) is 16.6 Å².